The van der Waals surface area contributed by atoms with E-state index >= 15 is 0 Å². The van der Waals surface area contributed by atoms with E-state index in [0.717, 1.165) is 30.8 Å². The quantitative estimate of drug-likeness (QED) is 0.813. The lowest BCUT2D eigenvalue weighted by atomic mass is 10.1. The van der Waals surface area contributed by atoms with E-state index in [0.29, 0.717) is 6.04 Å². The maximum Gasteiger partial charge on any atom is 0.116 e. The summed E-state index contributed by atoms with van der Waals surface area (Å²) in [6.07, 6.45) is 2.81. The molecule has 0 aliphatic carbocycles. The zero-order chi connectivity index (χ0) is 11.7. The van der Waals surface area contributed by atoms with E-state index in [-0.39, 0.29) is 5.75 Å². The van der Waals surface area contributed by atoms with Crippen LogP contribution in [-0.4, -0.2) is 33.2 Å². The fourth-order valence-electron chi connectivity index (χ4n) is 2.23. The summed E-state index contributed by atoms with van der Waals surface area (Å²) in [5.41, 5.74) is 1.90. The monoisotopic (exact) mass is 230 g/mol. The number of hydrogen-bond donors (Lipinski definition) is 2. The molecule has 0 spiro atoms. The van der Waals surface area contributed by atoms with E-state index in [1.807, 2.05) is 16.8 Å². The van der Waals surface area contributed by atoms with E-state index < -0.39 is 0 Å². The van der Waals surface area contributed by atoms with Crippen LogP contribution in [0.25, 0.3) is 11.3 Å². The topological polar surface area (TPSA) is 63.0 Å². The van der Waals surface area contributed by atoms with Crippen LogP contribution in [0.5, 0.6) is 5.75 Å². The Bertz CT molecular complexity index is 517. The molecular weight excluding hydrogens is 216 g/mol. The van der Waals surface area contributed by atoms with Gasteiger partial charge in [0, 0.05) is 12.1 Å². The summed E-state index contributed by atoms with van der Waals surface area (Å²) in [6, 6.07) is 7.54. The number of hydrogen-bond acceptors (Lipinski definition) is 4. The highest BCUT2D eigenvalue weighted by molar-refractivity contribution is 5.60. The lowest BCUT2D eigenvalue weighted by molar-refractivity contribution is 0.473. The predicted octanol–water partition coefficient (Wildman–Crippen LogP) is 1.19. The molecule has 1 aliphatic heterocycles. The summed E-state index contributed by atoms with van der Waals surface area (Å²) in [5.74, 6) is 0.264. The van der Waals surface area contributed by atoms with E-state index in [9.17, 15) is 5.11 Å². The zero-order valence-corrected chi connectivity index (χ0v) is 9.37. The van der Waals surface area contributed by atoms with Gasteiger partial charge in [0.25, 0.3) is 0 Å². The first-order chi connectivity index (χ1) is 8.34. The van der Waals surface area contributed by atoms with Crippen molar-refractivity contribution in [2.24, 2.45) is 0 Å². The van der Waals surface area contributed by atoms with Gasteiger partial charge in [-0.1, -0.05) is 17.3 Å². The van der Waals surface area contributed by atoms with Crippen molar-refractivity contribution in [3.63, 3.8) is 0 Å². The van der Waals surface area contributed by atoms with Crippen molar-refractivity contribution in [3.05, 3.63) is 30.5 Å². The lowest BCUT2D eigenvalue weighted by Gasteiger charge is -2.12. The highest BCUT2D eigenvalue weighted by Gasteiger charge is 2.20. The average Bonchev–Trinajstić information content (AvgIpc) is 3.00. The number of benzene rings is 1. The second-order valence-electron chi connectivity index (χ2n) is 4.26. The van der Waals surface area contributed by atoms with E-state index in [1.165, 1.54) is 0 Å². The molecule has 1 fully saturated rings. The maximum atomic E-state index is 9.51. The van der Waals surface area contributed by atoms with E-state index in [2.05, 4.69) is 15.6 Å². The molecule has 88 valence electrons. The molecule has 1 unspecified atom stereocenters. The molecular formula is C12H14N4O. The molecule has 0 radical (unpaired) electrons. The average molecular weight is 230 g/mol. The number of rotatable bonds is 2. The van der Waals surface area contributed by atoms with Crippen LogP contribution >= 0.6 is 0 Å². The Kier molecular flexibility index (Phi) is 2.53. The van der Waals surface area contributed by atoms with Crippen molar-refractivity contribution in [2.45, 2.75) is 12.5 Å². The molecule has 1 atom stereocenters. The van der Waals surface area contributed by atoms with Crippen molar-refractivity contribution in [1.82, 2.24) is 20.3 Å². The Labute approximate surface area is 99.1 Å². The Hall–Kier alpha value is -1.88. The van der Waals surface area contributed by atoms with Crippen LogP contribution in [0.3, 0.4) is 0 Å². The molecule has 5 heteroatoms. The fraction of sp³-hybridized carbons (Fsp3) is 0.333. The van der Waals surface area contributed by atoms with Crippen LogP contribution in [0.15, 0.2) is 30.5 Å². The van der Waals surface area contributed by atoms with E-state index in [4.69, 9.17) is 0 Å². The molecule has 1 saturated heterocycles. The first-order valence-electron chi connectivity index (χ1n) is 5.75. The molecule has 2 N–H and O–H groups in total. The SMILES string of the molecule is Oc1cccc(-c2cnnn2C2CCNC2)c1. The van der Waals surface area contributed by atoms with Gasteiger partial charge in [0.15, 0.2) is 0 Å². The summed E-state index contributed by atoms with van der Waals surface area (Å²) in [5, 5.41) is 20.9. The van der Waals surface area contributed by atoms with Gasteiger partial charge in [0.05, 0.1) is 17.9 Å². The van der Waals surface area contributed by atoms with Gasteiger partial charge in [-0.15, -0.1) is 5.10 Å². The Morgan fingerprint density at radius 1 is 1.41 bits per heavy atom. The number of phenolic OH excluding ortho intramolecular Hbond substituents is 1. The summed E-state index contributed by atoms with van der Waals surface area (Å²) in [4.78, 5) is 0. The third-order valence-corrected chi connectivity index (χ3v) is 3.10. The molecule has 0 saturated carbocycles. The number of phenols is 1. The van der Waals surface area contributed by atoms with Gasteiger partial charge < -0.3 is 10.4 Å². The summed E-state index contributed by atoms with van der Waals surface area (Å²) in [6.45, 7) is 1.94. The third-order valence-electron chi connectivity index (χ3n) is 3.10. The lowest BCUT2D eigenvalue weighted by Crippen LogP contribution is -2.15. The van der Waals surface area contributed by atoms with Crippen LogP contribution in [0.1, 0.15) is 12.5 Å². The largest absolute Gasteiger partial charge is 0.508 e. The van der Waals surface area contributed by atoms with Gasteiger partial charge in [-0.3, -0.25) is 0 Å². The van der Waals surface area contributed by atoms with Crippen LogP contribution in [0, 0.1) is 0 Å². The molecule has 1 aromatic carbocycles. The van der Waals surface area contributed by atoms with Gasteiger partial charge >= 0.3 is 0 Å². The Balaban J connectivity index is 2.00. The molecule has 5 nitrogen and oxygen atoms in total. The first-order valence-corrected chi connectivity index (χ1v) is 5.75. The fourth-order valence-corrected chi connectivity index (χ4v) is 2.23. The molecule has 2 aromatic rings. The summed E-state index contributed by atoms with van der Waals surface area (Å²) < 4.78 is 1.94. The van der Waals surface area contributed by atoms with Crippen LogP contribution in [0.2, 0.25) is 0 Å². The second-order valence-corrected chi connectivity index (χ2v) is 4.26. The third kappa shape index (κ3) is 1.89. The van der Waals surface area contributed by atoms with Gasteiger partial charge in [-0.2, -0.15) is 0 Å². The minimum Gasteiger partial charge on any atom is -0.508 e. The molecule has 17 heavy (non-hydrogen) atoms. The summed E-state index contributed by atoms with van der Waals surface area (Å²) in [7, 11) is 0. The van der Waals surface area contributed by atoms with Gasteiger partial charge in [0.2, 0.25) is 0 Å². The number of nitrogens with one attached hydrogen (secondary N) is 1. The van der Waals surface area contributed by atoms with Crippen molar-refractivity contribution in [1.29, 1.82) is 0 Å². The zero-order valence-electron chi connectivity index (χ0n) is 9.37. The second kappa shape index (κ2) is 4.18. The highest BCUT2D eigenvalue weighted by Crippen LogP contribution is 2.26. The Morgan fingerprint density at radius 2 is 2.35 bits per heavy atom. The summed E-state index contributed by atoms with van der Waals surface area (Å²) >= 11 is 0. The minimum atomic E-state index is 0.264. The number of aromatic nitrogens is 3. The van der Waals surface area contributed by atoms with Crippen molar-refractivity contribution in [2.75, 3.05) is 13.1 Å². The Morgan fingerprint density at radius 3 is 3.12 bits per heavy atom. The van der Waals surface area contributed by atoms with Crippen molar-refractivity contribution >= 4 is 0 Å². The van der Waals surface area contributed by atoms with Crippen LogP contribution in [-0.2, 0) is 0 Å². The first kappa shape index (κ1) is 10.3. The molecule has 1 aliphatic rings. The van der Waals surface area contributed by atoms with Gasteiger partial charge in [0.1, 0.15) is 5.75 Å². The molecule has 3 rings (SSSR count). The van der Waals surface area contributed by atoms with Crippen molar-refractivity contribution in [3.8, 4) is 17.0 Å². The maximum absolute atomic E-state index is 9.51. The number of nitrogens with zero attached hydrogens (tertiary/aromatic N) is 3. The molecule has 0 amide bonds. The predicted molar refractivity (Wildman–Crippen MR) is 63.6 cm³/mol. The number of aromatic hydroxyl groups is 1. The minimum absolute atomic E-state index is 0.264. The molecule has 2 heterocycles. The van der Waals surface area contributed by atoms with Crippen molar-refractivity contribution < 1.29 is 5.11 Å². The standard InChI is InChI=1S/C12H14N4O/c17-11-3-1-2-9(6-11)12-8-14-15-16(12)10-4-5-13-7-10/h1-3,6,8,10,13,17H,4-5,7H2. The van der Waals surface area contributed by atoms with Crippen LogP contribution in [0.4, 0.5) is 0 Å². The van der Waals surface area contributed by atoms with Gasteiger partial charge in [-0.05, 0) is 25.1 Å². The normalized spacial score (nSPS) is 19.6. The smallest absolute Gasteiger partial charge is 0.116 e. The van der Waals surface area contributed by atoms with E-state index in [1.54, 1.807) is 18.3 Å². The van der Waals surface area contributed by atoms with Crippen LogP contribution < -0.4 is 5.32 Å². The highest BCUT2D eigenvalue weighted by atomic mass is 16.3. The molecule has 1 aromatic heterocycles. The van der Waals surface area contributed by atoms with Gasteiger partial charge in [-0.25, -0.2) is 4.68 Å². The molecule has 0 bridgehead atoms.